The van der Waals surface area contributed by atoms with Crippen LogP contribution in [-0.4, -0.2) is 17.2 Å². The Hall–Kier alpha value is -1.10. The van der Waals surface area contributed by atoms with Gasteiger partial charge in [0.05, 0.1) is 23.9 Å². The Balaban J connectivity index is 2.23. The molecule has 0 fully saturated rings. The topological polar surface area (TPSA) is 51.2 Å². The molecule has 0 aromatic carbocycles. The third-order valence-corrected chi connectivity index (χ3v) is 1.88. The van der Waals surface area contributed by atoms with E-state index in [0.717, 1.165) is 5.69 Å². The van der Waals surface area contributed by atoms with Crippen molar-refractivity contribution in [2.45, 2.75) is 26.5 Å². The number of thiazole rings is 1. The summed E-state index contributed by atoms with van der Waals surface area (Å²) < 4.78 is 4.87. The minimum atomic E-state index is -0.400. The highest BCUT2D eigenvalue weighted by Crippen LogP contribution is 2.00. The first-order chi connectivity index (χ1) is 6.18. The summed E-state index contributed by atoms with van der Waals surface area (Å²) in [6.07, 6.45) is -0.488. The molecule has 0 unspecified atom stereocenters. The molecule has 4 nitrogen and oxygen atoms in total. The number of alkyl carbamates (subject to hydrolysis) is 1. The Morgan fingerprint density at radius 3 is 3.08 bits per heavy atom. The lowest BCUT2D eigenvalue weighted by molar-refractivity contribution is 0.115. The van der Waals surface area contributed by atoms with Gasteiger partial charge in [-0.15, -0.1) is 11.3 Å². The minimum Gasteiger partial charge on any atom is -0.447 e. The van der Waals surface area contributed by atoms with E-state index in [0.29, 0.717) is 6.54 Å². The summed E-state index contributed by atoms with van der Waals surface area (Å²) >= 11 is 1.50. The van der Waals surface area contributed by atoms with Crippen LogP contribution in [0.4, 0.5) is 4.79 Å². The molecule has 1 amide bonds. The summed E-state index contributed by atoms with van der Waals surface area (Å²) in [7, 11) is 0. The Labute approximate surface area is 80.9 Å². The van der Waals surface area contributed by atoms with E-state index >= 15 is 0 Å². The number of carbonyl (C=O) groups is 1. The number of aromatic nitrogens is 1. The molecule has 1 N–H and O–H groups in total. The Bertz CT molecular complexity index is 259. The minimum absolute atomic E-state index is 0.0876. The van der Waals surface area contributed by atoms with Crippen LogP contribution >= 0.6 is 11.3 Å². The number of amides is 1. The molecule has 0 aliphatic carbocycles. The highest BCUT2D eigenvalue weighted by Gasteiger charge is 2.04. The van der Waals surface area contributed by atoms with Gasteiger partial charge in [0.15, 0.2) is 0 Å². The number of hydrogen-bond acceptors (Lipinski definition) is 4. The first kappa shape index (κ1) is 9.98. The van der Waals surface area contributed by atoms with E-state index < -0.39 is 6.09 Å². The predicted molar refractivity (Wildman–Crippen MR) is 50.6 cm³/mol. The Morgan fingerprint density at radius 1 is 1.77 bits per heavy atom. The summed E-state index contributed by atoms with van der Waals surface area (Å²) in [4.78, 5) is 15.0. The molecule has 0 saturated heterocycles. The van der Waals surface area contributed by atoms with Crippen molar-refractivity contribution in [3.8, 4) is 0 Å². The summed E-state index contributed by atoms with van der Waals surface area (Å²) in [6.45, 7) is 4.04. The van der Waals surface area contributed by atoms with Gasteiger partial charge in [0.1, 0.15) is 0 Å². The Kier molecular flexibility index (Phi) is 3.70. The molecular weight excluding hydrogens is 188 g/mol. The van der Waals surface area contributed by atoms with Crippen molar-refractivity contribution in [3.05, 3.63) is 16.6 Å². The van der Waals surface area contributed by atoms with Crippen molar-refractivity contribution in [3.63, 3.8) is 0 Å². The van der Waals surface area contributed by atoms with Crippen molar-refractivity contribution >= 4 is 17.4 Å². The van der Waals surface area contributed by atoms with Crippen molar-refractivity contribution in [1.82, 2.24) is 10.3 Å². The molecule has 1 aromatic rings. The molecule has 1 aromatic heterocycles. The predicted octanol–water partition coefficient (Wildman–Crippen LogP) is 1.78. The molecule has 1 rings (SSSR count). The Morgan fingerprint density at radius 2 is 2.54 bits per heavy atom. The number of nitrogens with zero attached hydrogens (tertiary/aromatic N) is 1. The maximum Gasteiger partial charge on any atom is 0.407 e. The highest BCUT2D eigenvalue weighted by atomic mass is 32.1. The van der Waals surface area contributed by atoms with Crippen LogP contribution in [0, 0.1) is 0 Å². The van der Waals surface area contributed by atoms with E-state index in [9.17, 15) is 4.79 Å². The monoisotopic (exact) mass is 200 g/mol. The van der Waals surface area contributed by atoms with Crippen LogP contribution in [0.25, 0.3) is 0 Å². The lowest BCUT2D eigenvalue weighted by Crippen LogP contribution is -2.26. The van der Waals surface area contributed by atoms with Crippen molar-refractivity contribution in [2.24, 2.45) is 0 Å². The first-order valence-corrected chi connectivity index (χ1v) is 4.94. The molecule has 0 spiro atoms. The lowest BCUT2D eigenvalue weighted by atomic mass is 10.5. The van der Waals surface area contributed by atoms with Gasteiger partial charge < -0.3 is 10.1 Å². The number of nitrogens with one attached hydrogen (secondary N) is 1. The fraction of sp³-hybridized carbons (Fsp3) is 0.500. The molecule has 0 bridgehead atoms. The maximum absolute atomic E-state index is 11.0. The van der Waals surface area contributed by atoms with Crippen LogP contribution in [0.3, 0.4) is 0 Å². The largest absolute Gasteiger partial charge is 0.447 e. The number of hydrogen-bond donors (Lipinski definition) is 1. The van der Waals surface area contributed by atoms with E-state index in [1.165, 1.54) is 11.3 Å². The molecule has 0 radical (unpaired) electrons. The zero-order valence-electron chi connectivity index (χ0n) is 7.61. The zero-order valence-corrected chi connectivity index (χ0v) is 8.43. The number of ether oxygens (including phenoxy) is 1. The van der Waals surface area contributed by atoms with Gasteiger partial charge in [-0.3, -0.25) is 0 Å². The molecule has 72 valence electrons. The van der Waals surface area contributed by atoms with Crippen molar-refractivity contribution in [1.29, 1.82) is 0 Å². The highest BCUT2D eigenvalue weighted by molar-refractivity contribution is 7.07. The van der Waals surface area contributed by atoms with Crippen LogP contribution < -0.4 is 5.32 Å². The third kappa shape index (κ3) is 3.89. The average molecular weight is 200 g/mol. The molecule has 5 heteroatoms. The van der Waals surface area contributed by atoms with Crippen LogP contribution in [0.2, 0.25) is 0 Å². The number of rotatable bonds is 3. The maximum atomic E-state index is 11.0. The van der Waals surface area contributed by atoms with Crippen molar-refractivity contribution < 1.29 is 9.53 Å². The molecule has 0 aliphatic heterocycles. The summed E-state index contributed by atoms with van der Waals surface area (Å²) in [5.74, 6) is 0. The zero-order chi connectivity index (χ0) is 9.68. The molecule has 13 heavy (non-hydrogen) atoms. The van der Waals surface area contributed by atoms with Gasteiger partial charge in [0.25, 0.3) is 0 Å². The van der Waals surface area contributed by atoms with Gasteiger partial charge in [-0.2, -0.15) is 0 Å². The second-order valence-electron chi connectivity index (χ2n) is 2.79. The number of carbonyl (C=O) groups excluding carboxylic acids is 1. The van der Waals surface area contributed by atoms with Gasteiger partial charge in [0.2, 0.25) is 0 Å². The quantitative estimate of drug-likeness (QED) is 0.809. The van der Waals surface area contributed by atoms with Gasteiger partial charge in [-0.05, 0) is 13.8 Å². The van der Waals surface area contributed by atoms with Crippen LogP contribution in [0.15, 0.2) is 10.9 Å². The van der Waals surface area contributed by atoms with Gasteiger partial charge in [-0.25, -0.2) is 9.78 Å². The van der Waals surface area contributed by atoms with E-state index in [1.54, 1.807) is 5.51 Å². The second-order valence-corrected chi connectivity index (χ2v) is 3.51. The third-order valence-electron chi connectivity index (χ3n) is 1.24. The van der Waals surface area contributed by atoms with E-state index in [2.05, 4.69) is 10.3 Å². The summed E-state index contributed by atoms with van der Waals surface area (Å²) in [6, 6.07) is 0. The average Bonchev–Trinajstić information content (AvgIpc) is 2.51. The summed E-state index contributed by atoms with van der Waals surface area (Å²) in [5, 5.41) is 4.48. The molecule has 0 atom stereocenters. The first-order valence-electron chi connectivity index (χ1n) is 4.00. The van der Waals surface area contributed by atoms with Gasteiger partial charge in [0, 0.05) is 5.38 Å². The lowest BCUT2D eigenvalue weighted by Gasteiger charge is -2.07. The molecule has 0 saturated carbocycles. The molecule has 0 aliphatic rings. The normalized spacial score (nSPS) is 10.1. The summed E-state index contributed by atoms with van der Waals surface area (Å²) in [5.41, 5.74) is 2.58. The van der Waals surface area contributed by atoms with Gasteiger partial charge >= 0.3 is 6.09 Å². The molecular formula is C8H12N2O2S. The van der Waals surface area contributed by atoms with Crippen LogP contribution in [-0.2, 0) is 11.3 Å². The smallest absolute Gasteiger partial charge is 0.407 e. The van der Waals surface area contributed by atoms with E-state index in [-0.39, 0.29) is 6.10 Å². The van der Waals surface area contributed by atoms with E-state index in [4.69, 9.17) is 4.74 Å². The SMILES string of the molecule is CC(C)OC(=O)NCc1cscn1. The standard InChI is InChI=1S/C8H12N2O2S/c1-6(2)12-8(11)9-3-7-4-13-5-10-7/h4-6H,3H2,1-2H3,(H,9,11). The van der Waals surface area contributed by atoms with E-state index in [1.807, 2.05) is 19.2 Å². The molecule has 1 heterocycles. The second kappa shape index (κ2) is 4.81. The van der Waals surface area contributed by atoms with Crippen LogP contribution in [0.1, 0.15) is 19.5 Å². The fourth-order valence-corrected chi connectivity index (χ4v) is 1.30. The van der Waals surface area contributed by atoms with Crippen LogP contribution in [0.5, 0.6) is 0 Å². The fourth-order valence-electron chi connectivity index (χ4n) is 0.743. The van der Waals surface area contributed by atoms with Crippen molar-refractivity contribution in [2.75, 3.05) is 0 Å². The van der Waals surface area contributed by atoms with Gasteiger partial charge in [-0.1, -0.05) is 0 Å².